The summed E-state index contributed by atoms with van der Waals surface area (Å²) in [7, 11) is 1.78. The van der Waals surface area contributed by atoms with E-state index in [1.165, 1.54) is 11.3 Å². The third-order valence-electron chi connectivity index (χ3n) is 5.65. The predicted octanol–water partition coefficient (Wildman–Crippen LogP) is 2.21. The summed E-state index contributed by atoms with van der Waals surface area (Å²) in [5, 5.41) is 17.1. The number of hydrogen-bond donors (Lipinski definition) is 2. The van der Waals surface area contributed by atoms with Gasteiger partial charge in [0.2, 0.25) is 5.91 Å². The van der Waals surface area contributed by atoms with Crippen LogP contribution in [-0.2, 0) is 23.1 Å². The topological polar surface area (TPSA) is 110 Å². The van der Waals surface area contributed by atoms with E-state index in [1.54, 1.807) is 40.3 Å². The lowest BCUT2D eigenvalue weighted by Gasteiger charge is -2.40. The van der Waals surface area contributed by atoms with E-state index in [0.29, 0.717) is 17.9 Å². The van der Waals surface area contributed by atoms with Crippen LogP contribution in [0.15, 0.2) is 35.8 Å². The van der Waals surface area contributed by atoms with Gasteiger partial charge in [0.15, 0.2) is 5.69 Å². The minimum Gasteiger partial charge on any atom is -0.394 e. The van der Waals surface area contributed by atoms with E-state index in [0.717, 1.165) is 21.8 Å². The molecular weight excluding hydrogens is 430 g/mol. The summed E-state index contributed by atoms with van der Waals surface area (Å²) in [4.78, 5) is 31.9. The summed E-state index contributed by atoms with van der Waals surface area (Å²) in [5.41, 5.74) is 5.30. The molecule has 0 aliphatic carbocycles. The summed E-state index contributed by atoms with van der Waals surface area (Å²) in [6.45, 7) is 3.88. The molecule has 0 spiro atoms. The summed E-state index contributed by atoms with van der Waals surface area (Å²) >= 11 is 1.49. The predicted molar refractivity (Wildman–Crippen MR) is 119 cm³/mol. The molecule has 2 N–H and O–H groups in total. The maximum atomic E-state index is 12.5. The van der Waals surface area contributed by atoms with Crippen LogP contribution < -0.4 is 5.32 Å². The fraction of sp³-hybridized carbons (Fsp3) is 0.364. The van der Waals surface area contributed by atoms with Crippen LogP contribution in [0.4, 0.5) is 5.69 Å². The van der Waals surface area contributed by atoms with Crippen molar-refractivity contribution in [2.45, 2.75) is 32.5 Å². The lowest BCUT2D eigenvalue weighted by Crippen LogP contribution is -2.52. The van der Waals surface area contributed by atoms with Crippen LogP contribution in [0.25, 0.3) is 0 Å². The molecule has 0 saturated carbocycles. The van der Waals surface area contributed by atoms with E-state index >= 15 is 0 Å². The first kappa shape index (κ1) is 22.1. The molecule has 1 aliphatic rings. The van der Waals surface area contributed by atoms with Crippen molar-refractivity contribution < 1.29 is 19.4 Å². The zero-order chi connectivity index (χ0) is 22.8. The van der Waals surface area contributed by atoms with Gasteiger partial charge in [0, 0.05) is 23.3 Å². The van der Waals surface area contributed by atoms with Crippen molar-refractivity contribution in [2.24, 2.45) is 7.05 Å². The Morgan fingerprint density at radius 1 is 1.31 bits per heavy atom. The maximum absolute atomic E-state index is 12.5. The van der Waals surface area contributed by atoms with Crippen molar-refractivity contribution in [1.82, 2.24) is 19.7 Å². The third kappa shape index (κ3) is 4.43. The van der Waals surface area contributed by atoms with Gasteiger partial charge in [-0.1, -0.05) is 12.1 Å². The molecule has 32 heavy (non-hydrogen) atoms. The number of ether oxygens (including phenoxy) is 1. The molecule has 9 nitrogen and oxygen atoms in total. The number of carbonyl (C=O) groups excluding carboxylic acids is 2. The summed E-state index contributed by atoms with van der Waals surface area (Å²) in [5.74, 6) is -0.456. The number of aliphatic hydroxyl groups is 1. The molecule has 0 unspecified atom stereocenters. The van der Waals surface area contributed by atoms with Gasteiger partial charge >= 0.3 is 0 Å². The zero-order valence-electron chi connectivity index (χ0n) is 18.1. The molecule has 10 heteroatoms. The number of aryl methyl sites for hydroxylation is 3. The Hall–Kier alpha value is -3.08. The Balaban J connectivity index is 1.49. The van der Waals surface area contributed by atoms with Crippen LogP contribution in [0.5, 0.6) is 0 Å². The molecule has 0 bridgehead atoms. The Bertz CT molecular complexity index is 1100. The SMILES string of the molecule is Cc1ncsc1CN1C(=O)CO[C@H](c2ccc(NC(=O)c3cc(C)n(C)n3)cc2)[C@H]1CO. The van der Waals surface area contributed by atoms with Gasteiger partial charge in [-0.25, -0.2) is 4.98 Å². The van der Waals surface area contributed by atoms with Gasteiger partial charge in [-0.2, -0.15) is 5.10 Å². The summed E-state index contributed by atoms with van der Waals surface area (Å²) in [6, 6.07) is 8.41. The van der Waals surface area contributed by atoms with E-state index in [-0.39, 0.29) is 25.0 Å². The van der Waals surface area contributed by atoms with Crippen LogP contribution in [0.3, 0.4) is 0 Å². The van der Waals surface area contributed by atoms with Crippen LogP contribution in [0, 0.1) is 13.8 Å². The van der Waals surface area contributed by atoms with Gasteiger partial charge in [-0.05, 0) is 37.6 Å². The highest BCUT2D eigenvalue weighted by atomic mass is 32.1. The Kier molecular flexibility index (Phi) is 6.35. The highest BCUT2D eigenvalue weighted by Gasteiger charge is 2.37. The molecule has 1 fully saturated rings. The molecule has 1 saturated heterocycles. The second kappa shape index (κ2) is 9.19. The largest absolute Gasteiger partial charge is 0.394 e. The standard InChI is InChI=1S/C22H25N5O4S/c1-13-8-17(25-26(13)3)22(30)24-16-6-4-15(5-7-16)21-18(10-28)27(20(29)11-31-21)9-19-14(2)23-12-32-19/h4-8,12,18,21,28H,9-11H2,1-3H3,(H,24,30)/t18-,21-/m1/s1. The first-order chi connectivity index (χ1) is 15.4. The number of thiazole rings is 1. The highest BCUT2D eigenvalue weighted by molar-refractivity contribution is 7.09. The van der Waals surface area contributed by atoms with E-state index < -0.39 is 12.1 Å². The minimum atomic E-state index is -0.519. The molecule has 0 radical (unpaired) electrons. The van der Waals surface area contributed by atoms with Crippen LogP contribution in [0.1, 0.15) is 38.4 Å². The van der Waals surface area contributed by atoms with Gasteiger partial charge in [0.25, 0.3) is 5.91 Å². The van der Waals surface area contributed by atoms with Crippen molar-refractivity contribution >= 4 is 28.8 Å². The molecule has 2 amide bonds. The van der Waals surface area contributed by atoms with Crippen molar-refractivity contribution in [3.05, 3.63) is 63.4 Å². The van der Waals surface area contributed by atoms with Gasteiger partial charge < -0.3 is 20.1 Å². The normalized spacial score (nSPS) is 18.8. The molecule has 1 aliphatic heterocycles. The summed E-state index contributed by atoms with van der Waals surface area (Å²) < 4.78 is 7.45. The molecule has 3 aromatic rings. The third-order valence-corrected chi connectivity index (χ3v) is 6.57. The Morgan fingerprint density at radius 2 is 2.06 bits per heavy atom. The molecule has 3 heterocycles. The van der Waals surface area contributed by atoms with Gasteiger partial charge in [0.1, 0.15) is 12.7 Å². The Labute approximate surface area is 189 Å². The lowest BCUT2D eigenvalue weighted by molar-refractivity contribution is -0.161. The zero-order valence-corrected chi connectivity index (χ0v) is 18.9. The highest BCUT2D eigenvalue weighted by Crippen LogP contribution is 2.31. The van der Waals surface area contributed by atoms with Crippen LogP contribution in [-0.4, -0.2) is 55.8 Å². The van der Waals surface area contributed by atoms with Gasteiger partial charge in [-0.15, -0.1) is 11.3 Å². The van der Waals surface area contributed by atoms with Crippen LogP contribution in [0.2, 0.25) is 0 Å². The van der Waals surface area contributed by atoms with Gasteiger partial charge in [0.05, 0.1) is 30.4 Å². The quantitative estimate of drug-likeness (QED) is 0.590. The van der Waals surface area contributed by atoms with Crippen molar-refractivity contribution in [3.8, 4) is 0 Å². The van der Waals surface area contributed by atoms with Gasteiger partial charge in [-0.3, -0.25) is 14.3 Å². The Morgan fingerprint density at radius 3 is 2.66 bits per heavy atom. The number of aliphatic hydroxyl groups excluding tert-OH is 1. The van der Waals surface area contributed by atoms with Crippen molar-refractivity contribution in [1.29, 1.82) is 0 Å². The monoisotopic (exact) mass is 455 g/mol. The number of benzene rings is 1. The maximum Gasteiger partial charge on any atom is 0.276 e. The molecule has 168 valence electrons. The van der Waals surface area contributed by atoms with E-state index in [1.807, 2.05) is 26.0 Å². The number of amides is 2. The fourth-order valence-corrected chi connectivity index (χ4v) is 4.45. The number of carbonyl (C=O) groups is 2. The number of nitrogens with zero attached hydrogens (tertiary/aromatic N) is 4. The first-order valence-corrected chi connectivity index (χ1v) is 11.1. The number of morpholine rings is 1. The number of nitrogens with one attached hydrogen (secondary N) is 1. The van der Waals surface area contributed by atoms with Crippen molar-refractivity contribution in [3.63, 3.8) is 0 Å². The fourth-order valence-electron chi connectivity index (χ4n) is 3.68. The molecule has 1 aromatic carbocycles. The average Bonchev–Trinajstić information content (AvgIpc) is 3.34. The molecule has 4 rings (SSSR count). The number of hydrogen-bond acceptors (Lipinski definition) is 7. The number of rotatable bonds is 6. The van der Waals surface area contributed by atoms with Crippen LogP contribution >= 0.6 is 11.3 Å². The second-order valence-electron chi connectivity index (χ2n) is 7.73. The smallest absolute Gasteiger partial charge is 0.276 e. The molecule has 2 aromatic heterocycles. The van der Waals surface area contributed by atoms with E-state index in [4.69, 9.17) is 4.74 Å². The molecule has 2 atom stereocenters. The van der Waals surface area contributed by atoms with E-state index in [9.17, 15) is 14.7 Å². The average molecular weight is 456 g/mol. The number of anilines is 1. The minimum absolute atomic E-state index is 0.0590. The summed E-state index contributed by atoms with van der Waals surface area (Å²) in [6.07, 6.45) is -0.478. The second-order valence-corrected chi connectivity index (χ2v) is 8.67. The van der Waals surface area contributed by atoms with E-state index in [2.05, 4.69) is 15.4 Å². The number of aromatic nitrogens is 3. The molecular formula is C22H25N5O4S. The lowest BCUT2D eigenvalue weighted by atomic mass is 9.99. The first-order valence-electron chi connectivity index (χ1n) is 10.2. The van der Waals surface area contributed by atoms with Crippen molar-refractivity contribution in [2.75, 3.05) is 18.5 Å².